The Kier molecular flexibility index (Phi) is 7.26. The van der Waals surface area contributed by atoms with Crippen LogP contribution in [-0.4, -0.2) is 54.9 Å². The molecule has 0 radical (unpaired) electrons. The molecule has 154 valence electrons. The van der Waals surface area contributed by atoms with Gasteiger partial charge < -0.3 is 9.30 Å². The van der Waals surface area contributed by atoms with Gasteiger partial charge in [0.05, 0.1) is 23.7 Å². The van der Waals surface area contributed by atoms with Gasteiger partial charge in [-0.15, -0.1) is 0 Å². The fourth-order valence-electron chi connectivity index (χ4n) is 3.80. The Morgan fingerprint density at radius 2 is 2.04 bits per heavy atom. The fraction of sp³-hybridized carbons (Fsp3) is 0.571. The number of hydrogen-bond donors (Lipinski definition) is 0. The van der Waals surface area contributed by atoms with Crippen LogP contribution in [0.1, 0.15) is 37.4 Å². The predicted octanol–water partition coefficient (Wildman–Crippen LogP) is 2.92. The maximum Gasteiger partial charge on any atom is 0.227 e. The molecule has 1 aliphatic heterocycles. The maximum absolute atomic E-state index is 12.5. The van der Waals surface area contributed by atoms with Gasteiger partial charge in [0, 0.05) is 26.7 Å². The normalized spacial score (nSPS) is 18.4. The van der Waals surface area contributed by atoms with E-state index in [0.29, 0.717) is 13.1 Å². The molecule has 1 aromatic heterocycles. The van der Waals surface area contributed by atoms with Crippen molar-refractivity contribution in [2.45, 2.75) is 57.0 Å². The summed E-state index contributed by atoms with van der Waals surface area (Å²) >= 11 is 0. The first-order valence-corrected chi connectivity index (χ1v) is 11.7. The second kappa shape index (κ2) is 9.67. The minimum atomic E-state index is -3.35. The summed E-state index contributed by atoms with van der Waals surface area (Å²) in [5.74, 6) is 0.0671. The molecule has 1 unspecified atom stereocenters. The molecule has 1 aliphatic rings. The van der Waals surface area contributed by atoms with E-state index in [4.69, 9.17) is 4.74 Å². The lowest BCUT2D eigenvalue weighted by molar-refractivity contribution is 0.0277. The first kappa shape index (κ1) is 21.0. The van der Waals surface area contributed by atoms with Crippen molar-refractivity contribution in [3.8, 4) is 0 Å². The van der Waals surface area contributed by atoms with Gasteiger partial charge in [0.25, 0.3) is 0 Å². The zero-order chi connectivity index (χ0) is 20.0. The van der Waals surface area contributed by atoms with Crippen LogP contribution in [0.3, 0.4) is 0 Å². The van der Waals surface area contributed by atoms with Crippen molar-refractivity contribution in [3.05, 3.63) is 47.8 Å². The van der Waals surface area contributed by atoms with E-state index in [-0.39, 0.29) is 17.0 Å². The number of piperidine rings is 1. The standard InChI is InChI=1S/C21H31N3O3S/c1-3-28(25,26)21-22-15-19(16-23-13-8-12-20(17-23)27-2)24(21)14-7-11-18-9-5-4-6-10-18/h4-6,9-10,15,20H,3,7-8,11-14,16-17H2,1-2H3. The van der Waals surface area contributed by atoms with Crippen LogP contribution in [0.5, 0.6) is 0 Å². The summed E-state index contributed by atoms with van der Waals surface area (Å²) in [4.78, 5) is 6.64. The van der Waals surface area contributed by atoms with E-state index in [9.17, 15) is 8.42 Å². The van der Waals surface area contributed by atoms with Crippen molar-refractivity contribution >= 4 is 9.84 Å². The smallest absolute Gasteiger partial charge is 0.227 e. The molecule has 0 spiro atoms. The van der Waals surface area contributed by atoms with E-state index in [1.165, 1.54) is 5.56 Å². The van der Waals surface area contributed by atoms with Gasteiger partial charge in [0.15, 0.2) is 0 Å². The third kappa shape index (κ3) is 5.21. The Morgan fingerprint density at radius 3 is 2.75 bits per heavy atom. The Balaban J connectivity index is 1.75. The molecule has 1 aromatic carbocycles. The highest BCUT2D eigenvalue weighted by atomic mass is 32.2. The van der Waals surface area contributed by atoms with E-state index in [1.54, 1.807) is 20.2 Å². The monoisotopic (exact) mass is 405 g/mol. The number of aryl methyl sites for hydroxylation is 1. The zero-order valence-corrected chi connectivity index (χ0v) is 17.7. The Labute approximate surface area is 168 Å². The Hall–Kier alpha value is -1.70. The van der Waals surface area contributed by atoms with E-state index in [0.717, 1.165) is 44.5 Å². The number of aromatic nitrogens is 2. The van der Waals surface area contributed by atoms with Crippen LogP contribution in [0, 0.1) is 0 Å². The lowest BCUT2D eigenvalue weighted by atomic mass is 10.1. The molecule has 28 heavy (non-hydrogen) atoms. The summed E-state index contributed by atoms with van der Waals surface area (Å²) in [5, 5.41) is 0.207. The number of methoxy groups -OCH3 is 1. The van der Waals surface area contributed by atoms with Crippen LogP contribution >= 0.6 is 0 Å². The van der Waals surface area contributed by atoms with Gasteiger partial charge in [-0.3, -0.25) is 4.90 Å². The number of rotatable bonds is 9. The highest BCUT2D eigenvalue weighted by Crippen LogP contribution is 2.20. The molecule has 2 aromatic rings. The van der Waals surface area contributed by atoms with Gasteiger partial charge in [0.2, 0.25) is 15.0 Å². The molecule has 2 heterocycles. The van der Waals surface area contributed by atoms with Crippen LogP contribution in [0.2, 0.25) is 0 Å². The average Bonchev–Trinajstić information content (AvgIpc) is 3.12. The molecule has 1 saturated heterocycles. The summed E-state index contributed by atoms with van der Waals surface area (Å²) < 4.78 is 32.5. The van der Waals surface area contributed by atoms with Crippen LogP contribution in [0.15, 0.2) is 41.7 Å². The van der Waals surface area contributed by atoms with E-state index in [2.05, 4.69) is 22.0 Å². The Bertz CT molecular complexity index is 849. The fourth-order valence-corrected chi connectivity index (χ4v) is 4.81. The molecule has 3 rings (SSSR count). The molecule has 1 fully saturated rings. The third-order valence-corrected chi connectivity index (χ3v) is 7.07. The number of likely N-dealkylation sites (tertiary alicyclic amines) is 1. The maximum atomic E-state index is 12.5. The molecule has 0 bridgehead atoms. The van der Waals surface area contributed by atoms with Crippen molar-refractivity contribution in [3.63, 3.8) is 0 Å². The van der Waals surface area contributed by atoms with Crippen molar-refractivity contribution in [2.75, 3.05) is 26.0 Å². The van der Waals surface area contributed by atoms with E-state index >= 15 is 0 Å². The van der Waals surface area contributed by atoms with Crippen molar-refractivity contribution < 1.29 is 13.2 Å². The predicted molar refractivity (Wildman–Crippen MR) is 110 cm³/mol. The van der Waals surface area contributed by atoms with Crippen LogP contribution in [-0.2, 0) is 34.1 Å². The van der Waals surface area contributed by atoms with Crippen molar-refractivity contribution in [1.82, 2.24) is 14.5 Å². The van der Waals surface area contributed by atoms with Gasteiger partial charge >= 0.3 is 0 Å². The molecule has 0 saturated carbocycles. The summed E-state index contributed by atoms with van der Waals surface area (Å²) in [6.07, 6.45) is 5.96. The minimum Gasteiger partial charge on any atom is -0.380 e. The molecule has 1 atom stereocenters. The summed E-state index contributed by atoms with van der Waals surface area (Å²) in [5.41, 5.74) is 2.24. The SMILES string of the molecule is CCS(=O)(=O)c1ncc(CN2CCCC(OC)C2)n1CCCc1ccccc1. The number of hydrogen-bond acceptors (Lipinski definition) is 5. The largest absolute Gasteiger partial charge is 0.380 e. The quantitative estimate of drug-likeness (QED) is 0.642. The van der Waals surface area contributed by atoms with Crippen LogP contribution in [0.25, 0.3) is 0 Å². The topological polar surface area (TPSA) is 64.4 Å². The second-order valence-electron chi connectivity index (χ2n) is 7.41. The van der Waals surface area contributed by atoms with E-state index < -0.39 is 9.84 Å². The molecular formula is C21H31N3O3S. The van der Waals surface area contributed by atoms with Crippen LogP contribution < -0.4 is 0 Å². The van der Waals surface area contributed by atoms with Gasteiger partial charge in [-0.25, -0.2) is 13.4 Å². The highest BCUT2D eigenvalue weighted by Gasteiger charge is 2.24. The summed E-state index contributed by atoms with van der Waals surface area (Å²) in [6.45, 7) is 4.91. The molecular weight excluding hydrogens is 374 g/mol. The molecule has 0 aliphatic carbocycles. The number of imidazole rings is 1. The lowest BCUT2D eigenvalue weighted by Crippen LogP contribution is -2.39. The number of benzene rings is 1. The number of sulfone groups is 1. The van der Waals surface area contributed by atoms with Crippen LogP contribution in [0.4, 0.5) is 0 Å². The minimum absolute atomic E-state index is 0.0671. The molecule has 0 amide bonds. The lowest BCUT2D eigenvalue weighted by Gasteiger charge is -2.32. The number of ether oxygens (including phenoxy) is 1. The second-order valence-corrected chi connectivity index (χ2v) is 9.58. The average molecular weight is 406 g/mol. The van der Waals surface area contributed by atoms with Gasteiger partial charge in [-0.1, -0.05) is 37.3 Å². The van der Waals surface area contributed by atoms with Crippen molar-refractivity contribution in [2.24, 2.45) is 0 Å². The zero-order valence-electron chi connectivity index (χ0n) is 16.9. The highest BCUT2D eigenvalue weighted by molar-refractivity contribution is 7.91. The molecule has 7 heteroatoms. The van der Waals surface area contributed by atoms with Crippen molar-refractivity contribution in [1.29, 1.82) is 0 Å². The molecule has 6 nitrogen and oxygen atoms in total. The van der Waals surface area contributed by atoms with Gasteiger partial charge in [-0.2, -0.15) is 0 Å². The van der Waals surface area contributed by atoms with Gasteiger partial charge in [-0.05, 0) is 37.8 Å². The summed E-state index contributed by atoms with van der Waals surface area (Å²) in [6, 6.07) is 10.3. The first-order chi connectivity index (χ1) is 13.5. The molecule has 0 N–H and O–H groups in total. The van der Waals surface area contributed by atoms with Gasteiger partial charge in [0.1, 0.15) is 0 Å². The number of nitrogens with zero attached hydrogens (tertiary/aromatic N) is 3. The third-order valence-electron chi connectivity index (χ3n) is 5.43. The van der Waals surface area contributed by atoms with E-state index in [1.807, 2.05) is 22.8 Å². The Morgan fingerprint density at radius 1 is 1.25 bits per heavy atom. The summed E-state index contributed by atoms with van der Waals surface area (Å²) in [7, 11) is -1.59. The first-order valence-electron chi connectivity index (χ1n) is 10.1.